The summed E-state index contributed by atoms with van der Waals surface area (Å²) in [4.78, 5) is 37.7. The maximum Gasteiger partial charge on any atom is 0.294 e. The van der Waals surface area contributed by atoms with Crippen molar-refractivity contribution >= 4 is 34.9 Å². The second-order valence-electron chi connectivity index (χ2n) is 7.43. The number of aryl methyl sites for hydroxylation is 1. The number of ketones is 1. The zero-order chi connectivity index (χ0) is 22.1. The van der Waals surface area contributed by atoms with E-state index in [1.807, 2.05) is 0 Å². The lowest BCUT2D eigenvalue weighted by Gasteiger charge is -2.22. The van der Waals surface area contributed by atoms with Gasteiger partial charge in [0, 0.05) is 18.4 Å². The standard InChI is InChI=1S/C20H23ClFN3O4/c1-10-8-12(6-7-13(10)22)23-18(28)14-11(2)25(5)16(15(14)21)17(27)19(29)24-20(3,4)9-26/h6-8,26H,9H2,1-5H3,(H,23,28)(H,24,29). The number of benzene rings is 1. The highest BCUT2D eigenvalue weighted by Gasteiger charge is 2.32. The number of aromatic nitrogens is 1. The summed E-state index contributed by atoms with van der Waals surface area (Å²) in [6, 6.07) is 4.10. The number of anilines is 1. The Hall–Kier alpha value is -2.71. The van der Waals surface area contributed by atoms with Crippen molar-refractivity contribution in [3.63, 3.8) is 0 Å². The molecule has 0 atom stereocenters. The van der Waals surface area contributed by atoms with E-state index < -0.39 is 29.0 Å². The lowest BCUT2D eigenvalue weighted by Crippen LogP contribution is -2.49. The van der Waals surface area contributed by atoms with Crippen molar-refractivity contribution in [3.8, 4) is 0 Å². The van der Waals surface area contributed by atoms with Gasteiger partial charge in [-0.1, -0.05) is 11.6 Å². The van der Waals surface area contributed by atoms with Crippen LogP contribution in [0.15, 0.2) is 18.2 Å². The number of hydrogen-bond donors (Lipinski definition) is 3. The average molecular weight is 424 g/mol. The number of rotatable bonds is 6. The molecule has 0 aliphatic heterocycles. The number of aliphatic hydroxyl groups is 1. The van der Waals surface area contributed by atoms with Crippen LogP contribution in [0.2, 0.25) is 5.02 Å². The third-order valence-electron chi connectivity index (χ3n) is 4.54. The van der Waals surface area contributed by atoms with Gasteiger partial charge in [-0.25, -0.2) is 4.39 Å². The monoisotopic (exact) mass is 423 g/mol. The summed E-state index contributed by atoms with van der Waals surface area (Å²) >= 11 is 6.30. The predicted molar refractivity (Wildman–Crippen MR) is 108 cm³/mol. The quantitative estimate of drug-likeness (QED) is 0.491. The Bertz CT molecular complexity index is 998. The van der Waals surface area contributed by atoms with Crippen molar-refractivity contribution in [3.05, 3.63) is 51.6 Å². The molecule has 3 N–H and O–H groups in total. The maximum absolute atomic E-state index is 13.4. The largest absolute Gasteiger partial charge is 0.394 e. The molecule has 7 nitrogen and oxygen atoms in total. The van der Waals surface area contributed by atoms with Crippen LogP contribution in [0.4, 0.5) is 10.1 Å². The average Bonchev–Trinajstić information content (AvgIpc) is 2.86. The van der Waals surface area contributed by atoms with Gasteiger partial charge in [0.15, 0.2) is 0 Å². The Morgan fingerprint density at radius 3 is 2.41 bits per heavy atom. The van der Waals surface area contributed by atoms with Crippen LogP contribution in [0, 0.1) is 19.7 Å². The van der Waals surface area contributed by atoms with Gasteiger partial charge in [-0.3, -0.25) is 14.4 Å². The molecular formula is C20H23ClFN3O4. The van der Waals surface area contributed by atoms with Crippen LogP contribution in [0.25, 0.3) is 0 Å². The third kappa shape index (κ3) is 4.65. The normalized spacial score (nSPS) is 11.3. The molecule has 0 unspecified atom stereocenters. The molecule has 9 heteroatoms. The highest BCUT2D eigenvalue weighted by Crippen LogP contribution is 2.29. The van der Waals surface area contributed by atoms with Gasteiger partial charge in [0.05, 0.1) is 22.7 Å². The fourth-order valence-corrected chi connectivity index (χ4v) is 3.14. The fourth-order valence-electron chi connectivity index (χ4n) is 2.70. The lowest BCUT2D eigenvalue weighted by molar-refractivity contribution is -0.119. The number of halogens is 2. The molecule has 2 amide bonds. The zero-order valence-electron chi connectivity index (χ0n) is 16.8. The van der Waals surface area contributed by atoms with Gasteiger partial charge in [-0.05, 0) is 51.5 Å². The van der Waals surface area contributed by atoms with E-state index in [4.69, 9.17) is 11.6 Å². The molecule has 0 saturated carbocycles. The van der Waals surface area contributed by atoms with Gasteiger partial charge in [-0.15, -0.1) is 0 Å². The number of carbonyl (C=O) groups excluding carboxylic acids is 3. The fraction of sp³-hybridized carbons (Fsp3) is 0.350. The number of amides is 2. The molecule has 1 heterocycles. The van der Waals surface area contributed by atoms with Crippen molar-refractivity contribution in [2.75, 3.05) is 11.9 Å². The molecule has 0 bridgehead atoms. The second-order valence-corrected chi connectivity index (χ2v) is 7.80. The maximum atomic E-state index is 13.4. The molecule has 29 heavy (non-hydrogen) atoms. The summed E-state index contributed by atoms with van der Waals surface area (Å²) in [6.45, 7) is 5.90. The molecule has 2 aromatic rings. The van der Waals surface area contributed by atoms with E-state index in [-0.39, 0.29) is 22.9 Å². The highest BCUT2D eigenvalue weighted by molar-refractivity contribution is 6.48. The summed E-state index contributed by atoms with van der Waals surface area (Å²) < 4.78 is 14.8. The van der Waals surface area contributed by atoms with E-state index in [9.17, 15) is 23.9 Å². The van der Waals surface area contributed by atoms with Gasteiger partial charge >= 0.3 is 0 Å². The summed E-state index contributed by atoms with van der Waals surface area (Å²) in [5.41, 5.74) is -0.00482. The molecule has 0 saturated heterocycles. The Morgan fingerprint density at radius 2 is 1.86 bits per heavy atom. The Morgan fingerprint density at radius 1 is 1.24 bits per heavy atom. The van der Waals surface area contributed by atoms with Gasteiger partial charge in [-0.2, -0.15) is 0 Å². The van der Waals surface area contributed by atoms with E-state index in [0.717, 1.165) is 0 Å². The summed E-state index contributed by atoms with van der Waals surface area (Å²) in [5, 5.41) is 14.1. The SMILES string of the molecule is Cc1cc(NC(=O)c2c(Cl)c(C(=O)C(=O)NC(C)(C)CO)n(C)c2C)ccc1F. The van der Waals surface area contributed by atoms with Crippen LogP contribution in [0.3, 0.4) is 0 Å². The minimum atomic E-state index is -1.000. The van der Waals surface area contributed by atoms with Crippen LogP contribution in [-0.4, -0.2) is 39.4 Å². The molecule has 0 spiro atoms. The van der Waals surface area contributed by atoms with Crippen molar-refractivity contribution in [2.45, 2.75) is 33.2 Å². The lowest BCUT2D eigenvalue weighted by atomic mass is 10.1. The van der Waals surface area contributed by atoms with Crippen molar-refractivity contribution in [1.82, 2.24) is 9.88 Å². The molecule has 1 aromatic heterocycles. The van der Waals surface area contributed by atoms with Crippen molar-refractivity contribution in [1.29, 1.82) is 0 Å². The summed E-state index contributed by atoms with van der Waals surface area (Å²) in [5.74, 6) is -2.88. The Kier molecular flexibility index (Phi) is 6.50. The van der Waals surface area contributed by atoms with E-state index in [2.05, 4.69) is 10.6 Å². The van der Waals surface area contributed by atoms with Gasteiger partial charge in [0.2, 0.25) is 0 Å². The molecule has 0 aliphatic rings. The first-order valence-corrected chi connectivity index (χ1v) is 9.17. The van der Waals surface area contributed by atoms with E-state index in [0.29, 0.717) is 16.9 Å². The van der Waals surface area contributed by atoms with Gasteiger partial charge < -0.3 is 20.3 Å². The molecule has 0 fully saturated rings. The van der Waals surface area contributed by atoms with Crippen molar-refractivity contribution < 1.29 is 23.9 Å². The van der Waals surface area contributed by atoms with E-state index >= 15 is 0 Å². The van der Waals surface area contributed by atoms with Crippen LogP contribution in [-0.2, 0) is 11.8 Å². The van der Waals surface area contributed by atoms with Gasteiger partial charge in [0.25, 0.3) is 17.6 Å². The molecule has 0 radical (unpaired) electrons. The first kappa shape index (κ1) is 22.6. The van der Waals surface area contributed by atoms with Crippen LogP contribution in [0.1, 0.15) is 46.0 Å². The number of aliphatic hydroxyl groups excluding tert-OH is 1. The van der Waals surface area contributed by atoms with E-state index in [1.54, 1.807) is 27.7 Å². The Balaban J connectivity index is 2.36. The Labute approximate surface area is 172 Å². The number of hydrogen-bond acceptors (Lipinski definition) is 4. The number of carbonyl (C=O) groups is 3. The molecule has 1 aromatic carbocycles. The molecule has 2 rings (SSSR count). The van der Waals surface area contributed by atoms with Crippen LogP contribution < -0.4 is 10.6 Å². The number of nitrogens with zero attached hydrogens (tertiary/aromatic N) is 1. The number of nitrogens with one attached hydrogen (secondary N) is 2. The molecular weight excluding hydrogens is 401 g/mol. The van der Waals surface area contributed by atoms with Crippen molar-refractivity contribution in [2.24, 2.45) is 7.05 Å². The minimum Gasteiger partial charge on any atom is -0.394 e. The van der Waals surface area contributed by atoms with Gasteiger partial charge in [0.1, 0.15) is 11.5 Å². The second kappa shape index (κ2) is 8.34. The third-order valence-corrected chi connectivity index (χ3v) is 4.91. The van der Waals surface area contributed by atoms with E-state index in [1.165, 1.54) is 29.8 Å². The summed E-state index contributed by atoms with van der Waals surface area (Å²) in [6.07, 6.45) is 0. The highest BCUT2D eigenvalue weighted by atomic mass is 35.5. The first-order valence-electron chi connectivity index (χ1n) is 8.79. The van der Waals surface area contributed by atoms with Crippen LogP contribution in [0.5, 0.6) is 0 Å². The zero-order valence-corrected chi connectivity index (χ0v) is 17.6. The smallest absolute Gasteiger partial charge is 0.294 e. The molecule has 0 aliphatic carbocycles. The topological polar surface area (TPSA) is 100 Å². The van der Waals surface area contributed by atoms with Crippen LogP contribution >= 0.6 is 11.6 Å². The first-order chi connectivity index (χ1) is 13.4. The summed E-state index contributed by atoms with van der Waals surface area (Å²) in [7, 11) is 1.51. The minimum absolute atomic E-state index is 0.0358. The predicted octanol–water partition coefficient (Wildman–Crippen LogP) is 2.76. The number of Topliss-reactive ketones (excluding diaryl/α,β-unsaturated/α-hetero) is 1. The molecule has 156 valence electrons.